The predicted molar refractivity (Wildman–Crippen MR) is 111 cm³/mol. The van der Waals surface area contributed by atoms with E-state index >= 15 is 0 Å². The molecule has 0 amide bonds. The van der Waals surface area contributed by atoms with Gasteiger partial charge in [-0.2, -0.15) is 14.9 Å². The van der Waals surface area contributed by atoms with Crippen molar-refractivity contribution < 1.29 is 4.74 Å². The van der Waals surface area contributed by atoms with E-state index in [4.69, 9.17) is 17.0 Å². The highest BCUT2D eigenvalue weighted by atomic mass is 32.1. The molecule has 1 heterocycles. The van der Waals surface area contributed by atoms with E-state index in [2.05, 4.69) is 27.4 Å². The molecule has 134 valence electrons. The highest BCUT2D eigenvalue weighted by Crippen LogP contribution is 2.22. The van der Waals surface area contributed by atoms with Crippen LogP contribution in [0, 0.1) is 11.7 Å². The van der Waals surface area contributed by atoms with Crippen molar-refractivity contribution in [2.24, 2.45) is 5.10 Å². The standard InChI is InChI=1S/C21H18N4OS/c1-14-3-6-16(7-4-14)20-23-24-21(27)25(20)22-13-15-5-8-18-12-19(26-2)10-9-17(18)11-15/h3-13H,1-2H3,(H,24,27)/b22-13-. The third-order valence-corrected chi connectivity index (χ3v) is 4.62. The molecule has 0 aliphatic rings. The molecule has 0 aliphatic heterocycles. The summed E-state index contributed by atoms with van der Waals surface area (Å²) >= 11 is 5.34. The first kappa shape index (κ1) is 17.2. The minimum absolute atomic E-state index is 0.451. The summed E-state index contributed by atoms with van der Waals surface area (Å²) in [5, 5.41) is 13.9. The molecular weight excluding hydrogens is 356 g/mol. The first-order chi connectivity index (χ1) is 13.1. The number of hydrogen-bond donors (Lipinski definition) is 1. The van der Waals surface area contributed by atoms with Gasteiger partial charge in [0.1, 0.15) is 5.75 Å². The van der Waals surface area contributed by atoms with Crippen molar-refractivity contribution in [2.75, 3.05) is 7.11 Å². The van der Waals surface area contributed by atoms with Crippen LogP contribution < -0.4 is 4.74 Å². The average molecular weight is 374 g/mol. The van der Waals surface area contributed by atoms with Gasteiger partial charge in [0.05, 0.1) is 13.3 Å². The zero-order chi connectivity index (χ0) is 18.8. The molecule has 0 fully saturated rings. The van der Waals surface area contributed by atoms with Crippen LogP contribution in [0.3, 0.4) is 0 Å². The van der Waals surface area contributed by atoms with Crippen LogP contribution in [0.2, 0.25) is 0 Å². The third-order valence-electron chi connectivity index (χ3n) is 4.35. The van der Waals surface area contributed by atoms with E-state index in [0.29, 0.717) is 10.6 Å². The summed E-state index contributed by atoms with van der Waals surface area (Å²) in [6, 6.07) is 20.2. The molecule has 6 heteroatoms. The number of aryl methyl sites for hydroxylation is 1. The Morgan fingerprint density at radius 1 is 1.04 bits per heavy atom. The summed E-state index contributed by atoms with van der Waals surface area (Å²) in [4.78, 5) is 0. The molecule has 0 bridgehead atoms. The highest BCUT2D eigenvalue weighted by molar-refractivity contribution is 7.71. The van der Waals surface area contributed by atoms with Crippen LogP contribution in [0.15, 0.2) is 65.8 Å². The van der Waals surface area contributed by atoms with Crippen LogP contribution >= 0.6 is 12.2 Å². The minimum Gasteiger partial charge on any atom is -0.497 e. The molecule has 0 unspecified atom stereocenters. The number of methoxy groups -OCH3 is 1. The zero-order valence-corrected chi connectivity index (χ0v) is 15.8. The monoisotopic (exact) mass is 374 g/mol. The average Bonchev–Trinajstić information content (AvgIpc) is 3.07. The third kappa shape index (κ3) is 3.52. The Balaban J connectivity index is 1.69. The molecule has 1 aromatic heterocycles. The number of H-pyrrole nitrogens is 1. The van der Waals surface area contributed by atoms with E-state index in [1.165, 1.54) is 5.56 Å². The largest absolute Gasteiger partial charge is 0.497 e. The van der Waals surface area contributed by atoms with E-state index < -0.39 is 0 Å². The van der Waals surface area contributed by atoms with Gasteiger partial charge in [-0.05, 0) is 53.7 Å². The molecule has 27 heavy (non-hydrogen) atoms. The molecular formula is C21H18N4OS. The summed E-state index contributed by atoms with van der Waals surface area (Å²) in [6.07, 6.45) is 1.78. The topological polar surface area (TPSA) is 55.2 Å². The van der Waals surface area contributed by atoms with Gasteiger partial charge in [-0.25, -0.2) is 5.10 Å². The lowest BCUT2D eigenvalue weighted by molar-refractivity contribution is 0.415. The predicted octanol–water partition coefficient (Wildman–Crippen LogP) is 4.96. The molecule has 4 rings (SSSR count). The second-order valence-electron chi connectivity index (χ2n) is 6.25. The normalized spacial score (nSPS) is 11.3. The minimum atomic E-state index is 0.451. The maximum absolute atomic E-state index is 5.34. The van der Waals surface area contributed by atoms with Crippen molar-refractivity contribution in [1.29, 1.82) is 0 Å². The smallest absolute Gasteiger partial charge is 0.216 e. The quantitative estimate of drug-likeness (QED) is 0.406. The molecule has 5 nitrogen and oxygen atoms in total. The van der Waals surface area contributed by atoms with Crippen molar-refractivity contribution in [3.05, 3.63) is 76.6 Å². The fourth-order valence-electron chi connectivity index (χ4n) is 2.86. The summed E-state index contributed by atoms with van der Waals surface area (Å²) in [5.74, 6) is 1.53. The molecule has 4 aromatic rings. The maximum Gasteiger partial charge on any atom is 0.216 e. The van der Waals surface area contributed by atoms with E-state index in [-0.39, 0.29) is 0 Å². The number of ether oxygens (including phenoxy) is 1. The fourth-order valence-corrected chi connectivity index (χ4v) is 3.04. The van der Waals surface area contributed by atoms with Crippen LogP contribution in [0.1, 0.15) is 11.1 Å². The van der Waals surface area contributed by atoms with Crippen LogP contribution in [0.5, 0.6) is 5.75 Å². The van der Waals surface area contributed by atoms with Crippen LogP contribution in [0.25, 0.3) is 22.2 Å². The number of nitrogens with one attached hydrogen (secondary N) is 1. The van der Waals surface area contributed by atoms with Gasteiger partial charge in [0, 0.05) is 5.56 Å². The van der Waals surface area contributed by atoms with Crippen molar-refractivity contribution in [3.63, 3.8) is 0 Å². The number of rotatable bonds is 4. The van der Waals surface area contributed by atoms with Gasteiger partial charge in [-0.3, -0.25) is 0 Å². The van der Waals surface area contributed by atoms with E-state index in [1.807, 2.05) is 55.5 Å². The summed E-state index contributed by atoms with van der Waals surface area (Å²) in [7, 11) is 1.67. The van der Waals surface area contributed by atoms with Gasteiger partial charge < -0.3 is 4.74 Å². The van der Waals surface area contributed by atoms with Gasteiger partial charge in [0.2, 0.25) is 4.77 Å². The fraction of sp³-hybridized carbons (Fsp3) is 0.0952. The second-order valence-corrected chi connectivity index (χ2v) is 6.63. The highest BCUT2D eigenvalue weighted by Gasteiger charge is 2.07. The van der Waals surface area contributed by atoms with E-state index in [1.54, 1.807) is 18.0 Å². The Morgan fingerprint density at radius 3 is 2.56 bits per heavy atom. The Morgan fingerprint density at radius 2 is 1.78 bits per heavy atom. The van der Waals surface area contributed by atoms with E-state index in [0.717, 1.165) is 27.6 Å². The van der Waals surface area contributed by atoms with Gasteiger partial charge in [0.25, 0.3) is 0 Å². The zero-order valence-electron chi connectivity index (χ0n) is 15.0. The summed E-state index contributed by atoms with van der Waals surface area (Å²) < 4.78 is 7.36. The van der Waals surface area contributed by atoms with Crippen molar-refractivity contribution in [1.82, 2.24) is 14.9 Å². The maximum atomic E-state index is 5.34. The molecule has 3 aromatic carbocycles. The van der Waals surface area contributed by atoms with Gasteiger partial charge in [-0.1, -0.05) is 48.0 Å². The Labute approximate surface area is 161 Å². The van der Waals surface area contributed by atoms with Gasteiger partial charge in [-0.15, -0.1) is 0 Å². The first-order valence-corrected chi connectivity index (χ1v) is 8.91. The molecule has 0 aliphatic carbocycles. The van der Waals surface area contributed by atoms with Crippen molar-refractivity contribution in [3.8, 4) is 17.1 Å². The molecule has 0 atom stereocenters. The summed E-state index contributed by atoms with van der Waals surface area (Å²) in [6.45, 7) is 2.05. The van der Waals surface area contributed by atoms with Gasteiger partial charge >= 0.3 is 0 Å². The summed E-state index contributed by atoms with van der Waals surface area (Å²) in [5.41, 5.74) is 3.12. The number of nitrogens with zero attached hydrogens (tertiary/aromatic N) is 3. The van der Waals surface area contributed by atoms with Crippen molar-refractivity contribution in [2.45, 2.75) is 6.92 Å². The van der Waals surface area contributed by atoms with Crippen molar-refractivity contribution >= 4 is 29.2 Å². The van der Waals surface area contributed by atoms with Crippen LogP contribution in [-0.2, 0) is 0 Å². The van der Waals surface area contributed by atoms with Gasteiger partial charge in [0.15, 0.2) is 5.82 Å². The molecule has 0 saturated heterocycles. The number of benzene rings is 3. The lowest BCUT2D eigenvalue weighted by Gasteiger charge is -2.04. The number of aromatic nitrogens is 3. The number of fused-ring (bicyclic) bond motifs is 1. The van der Waals surface area contributed by atoms with Crippen LogP contribution in [-0.4, -0.2) is 28.2 Å². The lowest BCUT2D eigenvalue weighted by atomic mass is 10.1. The molecule has 1 N–H and O–H groups in total. The van der Waals surface area contributed by atoms with Crippen LogP contribution in [0.4, 0.5) is 0 Å². The molecule has 0 spiro atoms. The Bertz CT molecular complexity index is 1190. The van der Waals surface area contributed by atoms with E-state index in [9.17, 15) is 0 Å². The lowest BCUT2D eigenvalue weighted by Crippen LogP contribution is -1.95. The first-order valence-electron chi connectivity index (χ1n) is 8.51. The second kappa shape index (κ2) is 7.17. The number of hydrogen-bond acceptors (Lipinski definition) is 4. The molecule has 0 saturated carbocycles. The Kier molecular flexibility index (Phi) is 4.56. The number of aromatic amines is 1. The Hall–Kier alpha value is -3.25. The SMILES string of the molecule is COc1ccc2cc(/C=N\n3c(-c4ccc(C)cc4)n[nH]c3=S)ccc2c1. The molecule has 0 radical (unpaired) electrons.